The summed E-state index contributed by atoms with van der Waals surface area (Å²) in [6, 6.07) is 6.91. The van der Waals surface area contributed by atoms with E-state index in [1.165, 1.54) is 6.92 Å². The van der Waals surface area contributed by atoms with Crippen LogP contribution in [0.2, 0.25) is 0 Å². The largest absolute Gasteiger partial charge is 0.497 e. The molecule has 1 rings (SSSR count). The minimum absolute atomic E-state index is 0.418. The summed E-state index contributed by atoms with van der Waals surface area (Å²) in [7, 11) is 1.58. The Balaban J connectivity index is 2.40. The summed E-state index contributed by atoms with van der Waals surface area (Å²) in [6.45, 7) is 2.29. The first-order valence-corrected chi connectivity index (χ1v) is 4.02. The van der Waals surface area contributed by atoms with E-state index >= 15 is 0 Å². The summed E-state index contributed by atoms with van der Waals surface area (Å²) in [5.74, 6) is 0.899. The second-order valence-corrected chi connectivity index (χ2v) is 2.50. The number of hydrogen-bond acceptors (Lipinski definition) is 4. The van der Waals surface area contributed by atoms with Crippen LogP contribution < -0.4 is 9.47 Å². The van der Waals surface area contributed by atoms with E-state index < -0.39 is 5.97 Å². The number of hydrogen-bond donors (Lipinski definition) is 0. The van der Waals surface area contributed by atoms with Crippen molar-refractivity contribution in [2.45, 2.75) is 6.92 Å². The molecule has 0 saturated heterocycles. The second kappa shape index (κ2) is 5.11. The fraction of sp³-hybridized carbons (Fsp3) is 0.200. The third-order valence-corrected chi connectivity index (χ3v) is 1.46. The topological polar surface area (TPSA) is 44.8 Å². The summed E-state index contributed by atoms with van der Waals surface area (Å²) in [4.78, 5) is 10.4. The molecule has 0 atom stereocenters. The van der Waals surface area contributed by atoms with E-state index in [0.29, 0.717) is 5.75 Å². The van der Waals surface area contributed by atoms with Crippen LogP contribution in [0.5, 0.6) is 11.5 Å². The summed E-state index contributed by atoms with van der Waals surface area (Å²) in [6.07, 6.45) is 0. The second-order valence-electron chi connectivity index (χ2n) is 2.50. The minimum atomic E-state index is -0.418. The normalized spacial score (nSPS) is 9.29. The van der Waals surface area contributed by atoms with Crippen LogP contribution in [0, 0.1) is 6.79 Å². The average Bonchev–Trinajstić information content (AvgIpc) is 2.18. The number of ether oxygens (including phenoxy) is 3. The lowest BCUT2D eigenvalue weighted by molar-refractivity contribution is -0.141. The first-order chi connectivity index (χ1) is 6.72. The molecular weight excluding hydrogens is 184 g/mol. The predicted molar refractivity (Wildman–Crippen MR) is 49.7 cm³/mol. The molecule has 75 valence electrons. The molecule has 0 amide bonds. The first-order valence-electron chi connectivity index (χ1n) is 4.02. The van der Waals surface area contributed by atoms with Crippen molar-refractivity contribution >= 4 is 5.97 Å². The van der Waals surface area contributed by atoms with Crippen molar-refractivity contribution in [3.63, 3.8) is 0 Å². The number of benzene rings is 1. The number of rotatable bonds is 4. The van der Waals surface area contributed by atoms with E-state index in [-0.39, 0.29) is 0 Å². The molecule has 0 N–H and O–H groups in total. The lowest BCUT2D eigenvalue weighted by atomic mass is 10.3. The highest BCUT2D eigenvalue weighted by Crippen LogP contribution is 2.17. The maximum absolute atomic E-state index is 10.4. The summed E-state index contributed by atoms with van der Waals surface area (Å²) < 4.78 is 14.4. The van der Waals surface area contributed by atoms with Crippen molar-refractivity contribution in [2.75, 3.05) is 7.11 Å². The van der Waals surface area contributed by atoms with Gasteiger partial charge in [0.2, 0.25) is 0 Å². The maximum Gasteiger partial charge on any atom is 0.318 e. The molecule has 0 aliphatic rings. The van der Waals surface area contributed by atoms with Crippen LogP contribution in [0.3, 0.4) is 0 Å². The third kappa shape index (κ3) is 3.35. The van der Waals surface area contributed by atoms with Crippen molar-refractivity contribution in [3.8, 4) is 11.5 Å². The minimum Gasteiger partial charge on any atom is -0.497 e. The van der Waals surface area contributed by atoms with Gasteiger partial charge in [-0.05, 0) is 24.3 Å². The van der Waals surface area contributed by atoms with Gasteiger partial charge in [-0.2, -0.15) is 0 Å². The van der Waals surface area contributed by atoms with E-state index in [2.05, 4.69) is 4.74 Å². The molecule has 0 bridgehead atoms. The van der Waals surface area contributed by atoms with Gasteiger partial charge in [-0.15, -0.1) is 0 Å². The Morgan fingerprint density at radius 2 is 1.79 bits per heavy atom. The lowest BCUT2D eigenvalue weighted by Crippen LogP contribution is -2.00. The smallest absolute Gasteiger partial charge is 0.318 e. The molecule has 0 saturated carbocycles. The van der Waals surface area contributed by atoms with Crippen LogP contribution in [0.4, 0.5) is 0 Å². The standard InChI is InChI=1S/C10H11O4/c1-8(11)13-7-14-10-5-3-9(12-2)4-6-10/h3-7H,1-2H3. The molecule has 0 aliphatic heterocycles. The third-order valence-electron chi connectivity index (χ3n) is 1.46. The molecule has 0 aliphatic carbocycles. The number of carbonyl (C=O) groups is 1. The van der Waals surface area contributed by atoms with Crippen LogP contribution in [-0.4, -0.2) is 13.1 Å². The van der Waals surface area contributed by atoms with E-state index in [1.54, 1.807) is 31.4 Å². The number of carbonyl (C=O) groups excluding carboxylic acids is 1. The van der Waals surface area contributed by atoms with Gasteiger partial charge >= 0.3 is 12.8 Å². The number of methoxy groups -OCH3 is 1. The molecule has 1 radical (unpaired) electrons. The molecule has 0 aromatic heterocycles. The lowest BCUT2D eigenvalue weighted by Gasteiger charge is -2.04. The van der Waals surface area contributed by atoms with Crippen LogP contribution in [0.15, 0.2) is 24.3 Å². The maximum atomic E-state index is 10.4. The van der Waals surface area contributed by atoms with E-state index in [0.717, 1.165) is 12.5 Å². The first kappa shape index (κ1) is 10.4. The quantitative estimate of drug-likeness (QED) is 0.686. The van der Waals surface area contributed by atoms with Crippen LogP contribution >= 0.6 is 0 Å². The molecule has 4 heteroatoms. The molecule has 0 heterocycles. The fourth-order valence-electron chi connectivity index (χ4n) is 0.802. The highest BCUT2D eigenvalue weighted by Gasteiger charge is 1.97. The van der Waals surface area contributed by atoms with Crippen LogP contribution in [-0.2, 0) is 9.53 Å². The van der Waals surface area contributed by atoms with Crippen molar-refractivity contribution in [1.82, 2.24) is 0 Å². The van der Waals surface area contributed by atoms with Crippen molar-refractivity contribution in [1.29, 1.82) is 0 Å². The van der Waals surface area contributed by atoms with Gasteiger partial charge in [0.15, 0.2) is 0 Å². The molecule has 14 heavy (non-hydrogen) atoms. The van der Waals surface area contributed by atoms with Crippen LogP contribution in [0.25, 0.3) is 0 Å². The molecule has 0 fully saturated rings. The van der Waals surface area contributed by atoms with Gasteiger partial charge in [0.1, 0.15) is 11.5 Å². The van der Waals surface area contributed by atoms with Gasteiger partial charge in [0.25, 0.3) is 0 Å². The zero-order valence-corrected chi connectivity index (χ0v) is 8.02. The molecule has 1 aromatic rings. The summed E-state index contributed by atoms with van der Waals surface area (Å²) >= 11 is 0. The fourth-order valence-corrected chi connectivity index (χ4v) is 0.802. The van der Waals surface area contributed by atoms with Gasteiger partial charge < -0.3 is 14.2 Å². The number of esters is 1. The monoisotopic (exact) mass is 195 g/mol. The Morgan fingerprint density at radius 3 is 2.29 bits per heavy atom. The van der Waals surface area contributed by atoms with E-state index in [9.17, 15) is 4.79 Å². The Morgan fingerprint density at radius 1 is 1.21 bits per heavy atom. The molecular formula is C10H11O4. The highest BCUT2D eigenvalue weighted by molar-refractivity contribution is 5.66. The molecule has 4 nitrogen and oxygen atoms in total. The van der Waals surface area contributed by atoms with Gasteiger partial charge in [-0.3, -0.25) is 4.79 Å². The van der Waals surface area contributed by atoms with Gasteiger partial charge in [-0.25, -0.2) is 0 Å². The molecule has 0 spiro atoms. The van der Waals surface area contributed by atoms with E-state index in [1.807, 2.05) is 0 Å². The summed E-state index contributed by atoms with van der Waals surface area (Å²) in [5.41, 5.74) is 0. The van der Waals surface area contributed by atoms with Gasteiger partial charge in [0.05, 0.1) is 7.11 Å². The van der Waals surface area contributed by atoms with Crippen molar-refractivity contribution in [2.24, 2.45) is 0 Å². The zero-order chi connectivity index (χ0) is 10.4. The average molecular weight is 195 g/mol. The Kier molecular flexibility index (Phi) is 3.79. The van der Waals surface area contributed by atoms with Crippen LogP contribution in [0.1, 0.15) is 6.92 Å². The SMILES string of the molecule is COc1ccc(O[CH]OC(C)=O)cc1. The van der Waals surface area contributed by atoms with E-state index in [4.69, 9.17) is 9.47 Å². The molecule has 0 unspecified atom stereocenters. The molecule has 1 aromatic carbocycles. The summed E-state index contributed by atoms with van der Waals surface area (Å²) in [5, 5.41) is 0. The van der Waals surface area contributed by atoms with Crippen molar-refractivity contribution < 1.29 is 19.0 Å². The van der Waals surface area contributed by atoms with Gasteiger partial charge in [-0.1, -0.05) is 0 Å². The Bertz CT molecular complexity index is 291. The van der Waals surface area contributed by atoms with Gasteiger partial charge in [0, 0.05) is 6.92 Å². The highest BCUT2D eigenvalue weighted by atomic mass is 16.7. The Labute approximate surface area is 82.4 Å². The van der Waals surface area contributed by atoms with Crippen molar-refractivity contribution in [3.05, 3.63) is 31.1 Å². The zero-order valence-electron chi connectivity index (χ0n) is 8.02. The Hall–Kier alpha value is -1.71. The predicted octanol–water partition coefficient (Wildman–Crippen LogP) is 1.76.